The summed E-state index contributed by atoms with van der Waals surface area (Å²) in [6.45, 7) is 7.67. The van der Waals surface area contributed by atoms with Crippen molar-refractivity contribution in [1.29, 1.82) is 0 Å². The van der Waals surface area contributed by atoms with Crippen LogP contribution in [-0.4, -0.2) is 53.4 Å². The Morgan fingerprint density at radius 3 is 2.79 bits per heavy atom. The van der Waals surface area contributed by atoms with E-state index in [1.165, 1.54) is 32.4 Å². The normalized spacial score (nSPS) is 14.5. The molecule has 1 aliphatic heterocycles. The number of carbonyl (C=O) groups is 1. The Morgan fingerprint density at radius 1 is 1.15 bits per heavy atom. The summed E-state index contributed by atoms with van der Waals surface area (Å²) in [6.07, 6.45) is 5.89. The van der Waals surface area contributed by atoms with Crippen LogP contribution in [0.2, 0.25) is 5.02 Å². The number of hydrogen-bond donors (Lipinski definition) is 1. The van der Waals surface area contributed by atoms with Gasteiger partial charge in [-0.05, 0) is 81.2 Å². The average molecular weight is 469 g/mol. The number of rotatable bonds is 10. The van der Waals surface area contributed by atoms with E-state index in [0.717, 1.165) is 38.0 Å². The van der Waals surface area contributed by atoms with Crippen LogP contribution in [-0.2, 0) is 6.54 Å². The van der Waals surface area contributed by atoms with Crippen LogP contribution in [0.5, 0.6) is 0 Å². The Kier molecular flexibility index (Phi) is 8.24. The molecule has 0 radical (unpaired) electrons. The summed E-state index contributed by atoms with van der Waals surface area (Å²) in [4.78, 5) is 22.3. The molecule has 0 atom stereocenters. The van der Waals surface area contributed by atoms with Crippen molar-refractivity contribution in [2.75, 3.05) is 38.0 Å². The van der Waals surface area contributed by atoms with Gasteiger partial charge in [0, 0.05) is 30.2 Å². The van der Waals surface area contributed by atoms with Gasteiger partial charge in [0.05, 0.1) is 0 Å². The molecule has 33 heavy (non-hydrogen) atoms. The van der Waals surface area contributed by atoms with E-state index < -0.39 is 0 Å². The maximum atomic E-state index is 13.2. The summed E-state index contributed by atoms with van der Waals surface area (Å²) in [7, 11) is 0. The van der Waals surface area contributed by atoms with Crippen LogP contribution in [0.4, 0.5) is 6.01 Å². The smallest absolute Gasteiger partial charge is 0.295 e. The molecule has 1 fully saturated rings. The Labute approximate surface area is 200 Å². The van der Waals surface area contributed by atoms with Crippen LogP contribution in [0, 0.1) is 0 Å². The first-order valence-corrected chi connectivity index (χ1v) is 12.4. The number of hydrogen-bond acceptors (Lipinski definition) is 5. The van der Waals surface area contributed by atoms with E-state index in [1.807, 2.05) is 47.4 Å². The second-order valence-electron chi connectivity index (χ2n) is 8.73. The van der Waals surface area contributed by atoms with Crippen molar-refractivity contribution >= 4 is 34.6 Å². The lowest BCUT2D eigenvalue weighted by Gasteiger charge is -2.28. The van der Waals surface area contributed by atoms with Gasteiger partial charge in [-0.1, -0.05) is 37.1 Å². The molecule has 4 rings (SSSR count). The number of nitrogens with one attached hydrogen (secondary N) is 1. The van der Waals surface area contributed by atoms with Gasteiger partial charge in [0.15, 0.2) is 5.58 Å². The zero-order valence-electron chi connectivity index (χ0n) is 19.4. The predicted octanol–water partition coefficient (Wildman–Crippen LogP) is 5.82. The molecule has 0 unspecified atom stereocenters. The first kappa shape index (κ1) is 23.6. The van der Waals surface area contributed by atoms with E-state index in [9.17, 15) is 4.79 Å². The SMILES string of the molecule is CCCN(CCCN1CCCCC1)C(=O)c1ccc2oc(NCc3cccc(Cl)c3)nc2c1. The van der Waals surface area contributed by atoms with Gasteiger partial charge in [-0.3, -0.25) is 4.79 Å². The number of halogens is 1. The van der Waals surface area contributed by atoms with Gasteiger partial charge in [-0.15, -0.1) is 0 Å². The van der Waals surface area contributed by atoms with Crippen molar-refractivity contribution in [1.82, 2.24) is 14.8 Å². The van der Waals surface area contributed by atoms with E-state index in [4.69, 9.17) is 16.0 Å². The van der Waals surface area contributed by atoms with Gasteiger partial charge < -0.3 is 19.5 Å². The van der Waals surface area contributed by atoms with E-state index in [0.29, 0.717) is 34.2 Å². The lowest BCUT2D eigenvalue weighted by atomic mass is 10.1. The number of piperidine rings is 1. The minimum Gasteiger partial charge on any atom is -0.424 e. The van der Waals surface area contributed by atoms with E-state index >= 15 is 0 Å². The molecule has 1 amide bonds. The molecule has 2 aromatic carbocycles. The molecule has 176 valence electrons. The topological polar surface area (TPSA) is 61.6 Å². The number of anilines is 1. The zero-order chi connectivity index (χ0) is 23.0. The third kappa shape index (κ3) is 6.49. The lowest BCUT2D eigenvalue weighted by Crippen LogP contribution is -2.36. The highest BCUT2D eigenvalue weighted by Gasteiger charge is 2.18. The molecule has 2 heterocycles. The largest absolute Gasteiger partial charge is 0.424 e. The van der Waals surface area contributed by atoms with Gasteiger partial charge in [-0.2, -0.15) is 4.98 Å². The molecule has 1 aromatic heterocycles. The number of nitrogens with zero attached hydrogens (tertiary/aromatic N) is 3. The quantitative estimate of drug-likeness (QED) is 0.406. The Balaban J connectivity index is 1.38. The first-order valence-electron chi connectivity index (χ1n) is 12.0. The van der Waals surface area contributed by atoms with Crippen LogP contribution in [0.15, 0.2) is 46.9 Å². The van der Waals surface area contributed by atoms with Gasteiger partial charge >= 0.3 is 0 Å². The number of fused-ring (bicyclic) bond motifs is 1. The van der Waals surface area contributed by atoms with Crippen molar-refractivity contribution < 1.29 is 9.21 Å². The fraction of sp³-hybridized carbons (Fsp3) is 0.462. The average Bonchev–Trinajstić information content (AvgIpc) is 3.25. The fourth-order valence-corrected chi connectivity index (χ4v) is 4.61. The van der Waals surface area contributed by atoms with Crippen molar-refractivity contribution in [2.45, 2.75) is 45.6 Å². The third-order valence-corrected chi connectivity index (χ3v) is 6.33. The minimum absolute atomic E-state index is 0.0637. The lowest BCUT2D eigenvalue weighted by molar-refractivity contribution is 0.0746. The van der Waals surface area contributed by atoms with Crippen molar-refractivity contribution in [3.05, 3.63) is 58.6 Å². The fourth-order valence-electron chi connectivity index (χ4n) is 4.40. The summed E-state index contributed by atoms with van der Waals surface area (Å²) < 4.78 is 5.81. The summed E-state index contributed by atoms with van der Waals surface area (Å²) >= 11 is 6.05. The van der Waals surface area contributed by atoms with Crippen molar-refractivity contribution in [2.24, 2.45) is 0 Å². The highest BCUT2D eigenvalue weighted by atomic mass is 35.5. The van der Waals surface area contributed by atoms with Crippen LogP contribution in [0.25, 0.3) is 11.1 Å². The monoisotopic (exact) mass is 468 g/mol. The maximum absolute atomic E-state index is 13.2. The summed E-state index contributed by atoms with van der Waals surface area (Å²) in [6, 6.07) is 13.6. The third-order valence-electron chi connectivity index (χ3n) is 6.10. The van der Waals surface area contributed by atoms with Crippen LogP contribution >= 0.6 is 11.6 Å². The Hall–Kier alpha value is -2.57. The Bertz CT molecular complexity index is 1060. The highest BCUT2D eigenvalue weighted by Crippen LogP contribution is 2.22. The number of oxazole rings is 1. The number of benzene rings is 2. The molecule has 1 aliphatic rings. The number of carbonyl (C=O) groups excluding carboxylic acids is 1. The minimum atomic E-state index is 0.0637. The van der Waals surface area contributed by atoms with E-state index in [-0.39, 0.29) is 5.91 Å². The van der Waals surface area contributed by atoms with Gasteiger partial charge in [0.2, 0.25) is 0 Å². The molecule has 0 saturated carbocycles. The highest BCUT2D eigenvalue weighted by molar-refractivity contribution is 6.30. The number of aromatic nitrogens is 1. The van der Waals surface area contributed by atoms with Gasteiger partial charge in [0.25, 0.3) is 11.9 Å². The number of likely N-dealkylation sites (tertiary alicyclic amines) is 1. The zero-order valence-corrected chi connectivity index (χ0v) is 20.1. The molecule has 0 spiro atoms. The number of amides is 1. The van der Waals surface area contributed by atoms with E-state index in [1.54, 1.807) is 0 Å². The molecular formula is C26H33ClN4O2. The molecule has 0 aliphatic carbocycles. The molecule has 1 saturated heterocycles. The second-order valence-corrected chi connectivity index (χ2v) is 9.17. The second kappa shape index (κ2) is 11.5. The summed E-state index contributed by atoms with van der Waals surface area (Å²) in [5.41, 5.74) is 3.04. The standard InChI is InChI=1S/C26H33ClN4O2/c1-2-12-31(16-7-15-30-13-4-3-5-14-30)25(32)21-10-11-24-23(18-21)29-26(33-24)28-19-20-8-6-9-22(27)17-20/h6,8-11,17-18H,2-5,7,12-16,19H2,1H3,(H,28,29). The van der Waals surface area contributed by atoms with Crippen LogP contribution in [0.1, 0.15) is 54.9 Å². The molecule has 6 nitrogen and oxygen atoms in total. The first-order chi connectivity index (χ1) is 16.1. The summed E-state index contributed by atoms with van der Waals surface area (Å²) in [5.74, 6) is 0.0637. The Morgan fingerprint density at radius 2 is 2.00 bits per heavy atom. The molecule has 1 N–H and O–H groups in total. The molecular weight excluding hydrogens is 436 g/mol. The van der Waals surface area contributed by atoms with Gasteiger partial charge in [-0.25, -0.2) is 0 Å². The maximum Gasteiger partial charge on any atom is 0.295 e. The summed E-state index contributed by atoms with van der Waals surface area (Å²) in [5, 5.41) is 3.89. The van der Waals surface area contributed by atoms with Crippen LogP contribution < -0.4 is 5.32 Å². The van der Waals surface area contributed by atoms with E-state index in [2.05, 4.69) is 22.1 Å². The predicted molar refractivity (Wildman–Crippen MR) is 134 cm³/mol. The molecule has 0 bridgehead atoms. The van der Waals surface area contributed by atoms with Crippen molar-refractivity contribution in [3.8, 4) is 0 Å². The van der Waals surface area contributed by atoms with Crippen LogP contribution in [0.3, 0.4) is 0 Å². The molecule has 3 aromatic rings. The molecule has 7 heteroatoms. The van der Waals surface area contributed by atoms with Crippen molar-refractivity contribution in [3.63, 3.8) is 0 Å². The van der Waals surface area contributed by atoms with Gasteiger partial charge in [0.1, 0.15) is 5.52 Å².